The first-order chi connectivity index (χ1) is 9.17. The SMILES string of the molecule is CNc1nc2c(s1)[C@H](c1ccc(Cl)cc1)CC(=O)N2. The molecule has 0 spiro atoms. The number of carbonyl (C=O) groups is 1. The Morgan fingerprint density at radius 1 is 1.42 bits per heavy atom. The molecule has 1 aromatic carbocycles. The van der Waals surface area contributed by atoms with E-state index in [2.05, 4.69) is 15.6 Å². The number of nitrogens with zero attached hydrogens (tertiary/aromatic N) is 1. The van der Waals surface area contributed by atoms with E-state index in [-0.39, 0.29) is 11.8 Å². The van der Waals surface area contributed by atoms with Gasteiger partial charge in [-0.05, 0) is 17.7 Å². The van der Waals surface area contributed by atoms with Crippen LogP contribution >= 0.6 is 22.9 Å². The molecule has 0 saturated heterocycles. The Bertz CT molecular complexity index is 623. The molecule has 1 aliphatic heterocycles. The minimum Gasteiger partial charge on any atom is -0.365 e. The van der Waals surface area contributed by atoms with Crippen molar-refractivity contribution in [2.45, 2.75) is 12.3 Å². The second kappa shape index (κ2) is 4.83. The van der Waals surface area contributed by atoms with Crippen molar-refractivity contribution >= 4 is 39.8 Å². The van der Waals surface area contributed by atoms with E-state index in [0.29, 0.717) is 17.3 Å². The number of anilines is 2. The third-order valence-corrected chi connectivity index (χ3v) is 4.54. The molecule has 2 aromatic rings. The van der Waals surface area contributed by atoms with Crippen molar-refractivity contribution in [3.8, 4) is 0 Å². The molecule has 6 heteroatoms. The number of nitrogens with one attached hydrogen (secondary N) is 2. The molecule has 0 saturated carbocycles. The van der Waals surface area contributed by atoms with Crippen molar-refractivity contribution in [3.05, 3.63) is 39.7 Å². The lowest BCUT2D eigenvalue weighted by Gasteiger charge is -2.21. The fourth-order valence-corrected chi connectivity index (χ4v) is 3.32. The lowest BCUT2D eigenvalue weighted by molar-refractivity contribution is -0.116. The molecule has 1 atom stereocenters. The maximum absolute atomic E-state index is 11.8. The van der Waals surface area contributed by atoms with Crippen LogP contribution in [0.1, 0.15) is 22.8 Å². The van der Waals surface area contributed by atoms with Crippen molar-refractivity contribution in [2.75, 3.05) is 17.7 Å². The zero-order chi connectivity index (χ0) is 13.4. The third kappa shape index (κ3) is 2.31. The highest BCUT2D eigenvalue weighted by atomic mass is 35.5. The van der Waals surface area contributed by atoms with E-state index in [0.717, 1.165) is 15.6 Å². The molecule has 0 radical (unpaired) electrons. The molecule has 0 fully saturated rings. The second-order valence-corrected chi connectivity index (χ2v) is 5.81. The van der Waals surface area contributed by atoms with Crippen LogP contribution in [0.2, 0.25) is 5.02 Å². The summed E-state index contributed by atoms with van der Waals surface area (Å²) in [5.41, 5.74) is 1.09. The Balaban J connectivity index is 2.05. The van der Waals surface area contributed by atoms with E-state index in [1.165, 1.54) is 0 Å². The Morgan fingerprint density at radius 2 is 2.16 bits per heavy atom. The van der Waals surface area contributed by atoms with Gasteiger partial charge in [0, 0.05) is 24.4 Å². The Labute approximate surface area is 119 Å². The van der Waals surface area contributed by atoms with Crippen molar-refractivity contribution in [1.82, 2.24) is 4.98 Å². The monoisotopic (exact) mass is 293 g/mol. The van der Waals surface area contributed by atoms with Gasteiger partial charge in [0.05, 0.1) is 4.88 Å². The van der Waals surface area contributed by atoms with Gasteiger partial charge in [-0.2, -0.15) is 0 Å². The standard InChI is InChI=1S/C13H12ClN3OS/c1-15-13-17-12-11(19-13)9(6-10(18)16-12)7-2-4-8(14)5-3-7/h2-5,9H,6H2,1H3,(H,15,17)(H,16,18)/t9-/m0/s1. The number of benzene rings is 1. The van der Waals surface area contributed by atoms with Crippen LogP contribution in [-0.2, 0) is 4.79 Å². The smallest absolute Gasteiger partial charge is 0.226 e. The summed E-state index contributed by atoms with van der Waals surface area (Å²) >= 11 is 7.48. The second-order valence-electron chi connectivity index (χ2n) is 4.34. The zero-order valence-corrected chi connectivity index (χ0v) is 11.8. The van der Waals surface area contributed by atoms with Gasteiger partial charge in [-0.25, -0.2) is 4.98 Å². The number of hydrogen-bond donors (Lipinski definition) is 2. The molecule has 2 N–H and O–H groups in total. The number of rotatable bonds is 2. The van der Waals surface area contributed by atoms with E-state index in [9.17, 15) is 4.79 Å². The van der Waals surface area contributed by atoms with E-state index in [4.69, 9.17) is 11.6 Å². The Kier molecular flexibility index (Phi) is 3.16. The summed E-state index contributed by atoms with van der Waals surface area (Å²) < 4.78 is 0. The van der Waals surface area contributed by atoms with Crippen molar-refractivity contribution in [3.63, 3.8) is 0 Å². The van der Waals surface area contributed by atoms with Gasteiger partial charge in [-0.1, -0.05) is 35.1 Å². The predicted octanol–water partition coefficient (Wildman–Crippen LogP) is 3.31. The van der Waals surface area contributed by atoms with Crippen molar-refractivity contribution in [1.29, 1.82) is 0 Å². The highest BCUT2D eigenvalue weighted by Crippen LogP contribution is 2.42. The summed E-state index contributed by atoms with van der Waals surface area (Å²) in [5.74, 6) is 0.728. The van der Waals surface area contributed by atoms with Crippen LogP contribution in [0.3, 0.4) is 0 Å². The molecule has 1 amide bonds. The average molecular weight is 294 g/mol. The number of hydrogen-bond acceptors (Lipinski definition) is 4. The Hall–Kier alpha value is -1.59. The van der Waals surface area contributed by atoms with Crippen molar-refractivity contribution in [2.24, 2.45) is 0 Å². The molecule has 1 aliphatic rings. The number of aromatic nitrogens is 1. The van der Waals surface area contributed by atoms with Crippen LogP contribution in [0, 0.1) is 0 Å². The minimum absolute atomic E-state index is 0.000373. The molecule has 0 bridgehead atoms. The van der Waals surface area contributed by atoms with Crippen LogP contribution < -0.4 is 10.6 Å². The summed E-state index contributed by atoms with van der Waals surface area (Å²) in [7, 11) is 1.82. The number of halogens is 1. The molecule has 0 unspecified atom stereocenters. The fourth-order valence-electron chi connectivity index (χ4n) is 2.19. The quantitative estimate of drug-likeness (QED) is 0.893. The highest BCUT2D eigenvalue weighted by Gasteiger charge is 2.30. The summed E-state index contributed by atoms with van der Waals surface area (Å²) in [6.45, 7) is 0. The van der Waals surface area contributed by atoms with Gasteiger partial charge in [0.15, 0.2) is 5.13 Å². The molecular formula is C13H12ClN3OS. The van der Waals surface area contributed by atoms with E-state index >= 15 is 0 Å². The fraction of sp³-hybridized carbons (Fsp3) is 0.231. The first kappa shape index (κ1) is 12.4. The van der Waals surface area contributed by atoms with Gasteiger partial charge >= 0.3 is 0 Å². The largest absolute Gasteiger partial charge is 0.365 e. The number of amides is 1. The van der Waals surface area contributed by atoms with Crippen LogP contribution in [0.4, 0.5) is 10.9 Å². The van der Waals surface area contributed by atoms with Crippen LogP contribution in [0.25, 0.3) is 0 Å². The highest BCUT2D eigenvalue weighted by molar-refractivity contribution is 7.16. The normalized spacial score (nSPS) is 17.8. The summed E-state index contributed by atoms with van der Waals surface area (Å²) in [4.78, 5) is 17.2. The molecule has 3 rings (SSSR count). The topological polar surface area (TPSA) is 54.0 Å². The maximum atomic E-state index is 11.8. The summed E-state index contributed by atoms with van der Waals surface area (Å²) in [6, 6.07) is 7.63. The average Bonchev–Trinajstić information content (AvgIpc) is 2.81. The molecule has 1 aromatic heterocycles. The summed E-state index contributed by atoms with van der Waals surface area (Å²) in [6.07, 6.45) is 0.444. The zero-order valence-electron chi connectivity index (χ0n) is 10.2. The maximum Gasteiger partial charge on any atom is 0.226 e. The number of thiazole rings is 1. The Morgan fingerprint density at radius 3 is 2.84 bits per heavy atom. The van der Waals surface area contributed by atoms with Crippen LogP contribution in [0.15, 0.2) is 24.3 Å². The molecule has 4 nitrogen and oxygen atoms in total. The summed E-state index contributed by atoms with van der Waals surface area (Å²) in [5, 5.41) is 7.34. The molecule has 98 valence electrons. The first-order valence-electron chi connectivity index (χ1n) is 5.91. The van der Waals surface area contributed by atoms with Crippen LogP contribution in [-0.4, -0.2) is 17.9 Å². The lowest BCUT2D eigenvalue weighted by Crippen LogP contribution is -2.22. The minimum atomic E-state index is 0.000373. The van der Waals surface area contributed by atoms with Gasteiger partial charge in [0.2, 0.25) is 5.91 Å². The van der Waals surface area contributed by atoms with E-state index < -0.39 is 0 Å². The molecule has 2 heterocycles. The van der Waals surface area contributed by atoms with Gasteiger partial charge in [0.25, 0.3) is 0 Å². The number of carbonyl (C=O) groups excluding carboxylic acids is 1. The molecule has 0 aliphatic carbocycles. The number of fused-ring (bicyclic) bond motifs is 1. The van der Waals surface area contributed by atoms with Gasteiger partial charge in [-0.3, -0.25) is 4.79 Å². The first-order valence-corrected chi connectivity index (χ1v) is 7.10. The van der Waals surface area contributed by atoms with Crippen molar-refractivity contribution < 1.29 is 4.79 Å². The van der Waals surface area contributed by atoms with E-state index in [1.54, 1.807) is 11.3 Å². The van der Waals surface area contributed by atoms with E-state index in [1.807, 2.05) is 31.3 Å². The van der Waals surface area contributed by atoms with Gasteiger partial charge < -0.3 is 10.6 Å². The van der Waals surface area contributed by atoms with Gasteiger partial charge in [0.1, 0.15) is 5.82 Å². The molecular weight excluding hydrogens is 282 g/mol. The van der Waals surface area contributed by atoms with Crippen LogP contribution in [0.5, 0.6) is 0 Å². The van der Waals surface area contributed by atoms with Gasteiger partial charge in [-0.15, -0.1) is 0 Å². The lowest BCUT2D eigenvalue weighted by atomic mass is 9.92. The predicted molar refractivity (Wildman–Crippen MR) is 78.2 cm³/mol. The molecule has 19 heavy (non-hydrogen) atoms. The third-order valence-electron chi connectivity index (χ3n) is 3.10.